The number of nitrogens with one attached hydrogen (secondary N) is 1. The number of nitrogens with zero attached hydrogens (tertiary/aromatic N) is 2. The Labute approximate surface area is 132 Å². The molecule has 2 heterocycles. The van der Waals surface area contributed by atoms with Gasteiger partial charge in [0.25, 0.3) is 0 Å². The van der Waals surface area contributed by atoms with Gasteiger partial charge >= 0.3 is 0 Å². The Morgan fingerprint density at radius 3 is 3.09 bits per heavy atom. The minimum atomic E-state index is -0.433. The van der Waals surface area contributed by atoms with E-state index in [1.807, 2.05) is 4.90 Å². The lowest BCUT2D eigenvalue weighted by Gasteiger charge is -2.19. The van der Waals surface area contributed by atoms with Gasteiger partial charge in [-0.15, -0.1) is 0 Å². The predicted molar refractivity (Wildman–Crippen MR) is 80.4 cm³/mol. The summed E-state index contributed by atoms with van der Waals surface area (Å²) in [6.45, 7) is 1.40. The van der Waals surface area contributed by atoms with E-state index in [9.17, 15) is 9.18 Å². The monoisotopic (exact) mass is 323 g/mol. The minimum absolute atomic E-state index is 0.0399. The standard InChI is InChI=1S/C15H15ClFN3O2/c16-13-2-1-12(8-14(13)17)20-5-3-11(9-20)18-15(21)7-10-4-6-22-19-10/h1-2,4,6,8,11H,3,5,7,9H2,(H,18,21). The van der Waals surface area contributed by atoms with Gasteiger partial charge < -0.3 is 14.7 Å². The molecule has 3 rings (SSSR count). The van der Waals surface area contributed by atoms with Crippen LogP contribution in [0, 0.1) is 5.82 Å². The van der Waals surface area contributed by atoms with Crippen molar-refractivity contribution in [1.29, 1.82) is 0 Å². The van der Waals surface area contributed by atoms with Crippen LogP contribution in [0.1, 0.15) is 12.1 Å². The van der Waals surface area contributed by atoms with Crippen molar-refractivity contribution in [2.24, 2.45) is 0 Å². The molecule has 0 aliphatic carbocycles. The summed E-state index contributed by atoms with van der Waals surface area (Å²) in [5.41, 5.74) is 1.38. The van der Waals surface area contributed by atoms with Crippen molar-refractivity contribution in [3.63, 3.8) is 0 Å². The van der Waals surface area contributed by atoms with Crippen molar-refractivity contribution in [3.8, 4) is 0 Å². The van der Waals surface area contributed by atoms with E-state index in [0.29, 0.717) is 12.2 Å². The highest BCUT2D eigenvalue weighted by molar-refractivity contribution is 6.30. The van der Waals surface area contributed by atoms with E-state index in [1.165, 1.54) is 12.3 Å². The lowest BCUT2D eigenvalue weighted by atomic mass is 10.2. The van der Waals surface area contributed by atoms with E-state index in [2.05, 4.69) is 10.5 Å². The van der Waals surface area contributed by atoms with Gasteiger partial charge in [0.05, 0.1) is 17.1 Å². The molecule has 0 saturated carbocycles. The summed E-state index contributed by atoms with van der Waals surface area (Å²) in [4.78, 5) is 13.9. The summed E-state index contributed by atoms with van der Waals surface area (Å²) < 4.78 is 18.2. The molecule has 1 aliphatic heterocycles. The average Bonchev–Trinajstić information content (AvgIpc) is 3.13. The molecule has 1 fully saturated rings. The van der Waals surface area contributed by atoms with Gasteiger partial charge in [-0.3, -0.25) is 4.79 Å². The summed E-state index contributed by atoms with van der Waals surface area (Å²) in [5, 5.41) is 6.78. The molecule has 0 radical (unpaired) electrons. The van der Waals surface area contributed by atoms with Gasteiger partial charge in [0.15, 0.2) is 0 Å². The fourth-order valence-corrected chi connectivity index (χ4v) is 2.68. The van der Waals surface area contributed by atoms with Crippen LogP contribution in [0.3, 0.4) is 0 Å². The van der Waals surface area contributed by atoms with E-state index in [4.69, 9.17) is 16.1 Å². The van der Waals surface area contributed by atoms with E-state index < -0.39 is 5.82 Å². The zero-order chi connectivity index (χ0) is 15.5. The van der Waals surface area contributed by atoms with Crippen LogP contribution in [0.25, 0.3) is 0 Å². The summed E-state index contributed by atoms with van der Waals surface area (Å²) >= 11 is 5.69. The maximum atomic E-state index is 13.5. The van der Waals surface area contributed by atoms with Gasteiger partial charge in [-0.25, -0.2) is 4.39 Å². The first-order chi connectivity index (χ1) is 10.6. The molecule has 1 N–H and O–H groups in total. The first-order valence-electron chi connectivity index (χ1n) is 7.00. The van der Waals surface area contributed by atoms with Crippen LogP contribution >= 0.6 is 11.6 Å². The lowest BCUT2D eigenvalue weighted by molar-refractivity contribution is -0.121. The molecule has 0 bridgehead atoms. The highest BCUT2D eigenvalue weighted by atomic mass is 35.5. The van der Waals surface area contributed by atoms with Crippen LogP contribution in [0.2, 0.25) is 5.02 Å². The fraction of sp³-hybridized carbons (Fsp3) is 0.333. The zero-order valence-corrected chi connectivity index (χ0v) is 12.5. The van der Waals surface area contributed by atoms with Gasteiger partial charge in [0, 0.05) is 30.9 Å². The van der Waals surface area contributed by atoms with Gasteiger partial charge in [-0.2, -0.15) is 0 Å². The molecular weight excluding hydrogens is 309 g/mol. The van der Waals surface area contributed by atoms with Crippen LogP contribution in [0.15, 0.2) is 35.1 Å². The molecule has 1 aromatic carbocycles. The molecule has 1 atom stereocenters. The van der Waals surface area contributed by atoms with Crippen molar-refractivity contribution in [1.82, 2.24) is 10.5 Å². The maximum Gasteiger partial charge on any atom is 0.226 e. The molecule has 116 valence electrons. The Hall–Kier alpha value is -2.08. The molecule has 1 unspecified atom stereocenters. The SMILES string of the molecule is O=C(Cc1ccon1)NC1CCN(c2ccc(Cl)c(F)c2)C1. The molecule has 1 aromatic heterocycles. The van der Waals surface area contributed by atoms with Crippen LogP contribution in [-0.4, -0.2) is 30.2 Å². The van der Waals surface area contributed by atoms with E-state index in [0.717, 1.165) is 18.7 Å². The number of hydrogen-bond donors (Lipinski definition) is 1. The fourth-order valence-electron chi connectivity index (χ4n) is 2.57. The second kappa shape index (κ2) is 6.36. The average molecular weight is 324 g/mol. The number of carbonyl (C=O) groups excluding carboxylic acids is 1. The molecule has 7 heteroatoms. The highest BCUT2D eigenvalue weighted by Crippen LogP contribution is 2.25. The summed E-state index contributed by atoms with van der Waals surface area (Å²) in [6, 6.07) is 6.45. The quantitative estimate of drug-likeness (QED) is 0.938. The van der Waals surface area contributed by atoms with Crippen LogP contribution in [0.5, 0.6) is 0 Å². The number of hydrogen-bond acceptors (Lipinski definition) is 4. The Balaban J connectivity index is 1.55. The first-order valence-corrected chi connectivity index (χ1v) is 7.38. The Morgan fingerprint density at radius 2 is 2.36 bits per heavy atom. The number of rotatable bonds is 4. The van der Waals surface area contributed by atoms with E-state index in [-0.39, 0.29) is 23.4 Å². The highest BCUT2D eigenvalue weighted by Gasteiger charge is 2.24. The van der Waals surface area contributed by atoms with Gasteiger partial charge in [0.2, 0.25) is 5.91 Å². The van der Waals surface area contributed by atoms with Crippen LogP contribution < -0.4 is 10.2 Å². The van der Waals surface area contributed by atoms with Crippen molar-refractivity contribution in [2.45, 2.75) is 18.9 Å². The largest absolute Gasteiger partial charge is 0.369 e. The summed E-state index contributed by atoms with van der Waals surface area (Å²) in [7, 11) is 0. The Kier molecular flexibility index (Phi) is 4.29. The number of carbonyl (C=O) groups is 1. The molecule has 5 nitrogen and oxygen atoms in total. The Bertz CT molecular complexity index is 663. The van der Waals surface area contributed by atoms with Crippen molar-refractivity contribution in [3.05, 3.63) is 47.1 Å². The topological polar surface area (TPSA) is 58.4 Å². The molecule has 1 aliphatic rings. The third-order valence-electron chi connectivity index (χ3n) is 3.65. The third kappa shape index (κ3) is 3.39. The minimum Gasteiger partial charge on any atom is -0.369 e. The second-order valence-corrected chi connectivity index (χ2v) is 5.67. The lowest BCUT2D eigenvalue weighted by Crippen LogP contribution is -2.38. The van der Waals surface area contributed by atoms with Gasteiger partial charge in [-0.05, 0) is 24.6 Å². The number of anilines is 1. The zero-order valence-electron chi connectivity index (χ0n) is 11.8. The van der Waals surface area contributed by atoms with Crippen molar-refractivity contribution in [2.75, 3.05) is 18.0 Å². The predicted octanol–water partition coefficient (Wildman–Crippen LogP) is 2.40. The molecule has 0 spiro atoms. The second-order valence-electron chi connectivity index (χ2n) is 5.27. The molecule has 22 heavy (non-hydrogen) atoms. The maximum absolute atomic E-state index is 13.5. The molecule has 1 amide bonds. The number of amides is 1. The number of benzene rings is 1. The molecule has 2 aromatic rings. The van der Waals surface area contributed by atoms with E-state index in [1.54, 1.807) is 18.2 Å². The van der Waals surface area contributed by atoms with E-state index >= 15 is 0 Å². The first kappa shape index (κ1) is 14.8. The Morgan fingerprint density at radius 1 is 1.50 bits per heavy atom. The van der Waals surface area contributed by atoms with Crippen LogP contribution in [-0.2, 0) is 11.2 Å². The molecule has 1 saturated heterocycles. The number of halogens is 2. The smallest absolute Gasteiger partial charge is 0.226 e. The summed E-state index contributed by atoms with van der Waals surface area (Å²) in [5.74, 6) is -0.527. The van der Waals surface area contributed by atoms with Gasteiger partial charge in [0.1, 0.15) is 12.1 Å². The summed E-state index contributed by atoms with van der Waals surface area (Å²) in [6.07, 6.45) is 2.45. The molecular formula is C15H15ClFN3O2. The van der Waals surface area contributed by atoms with Crippen LogP contribution in [0.4, 0.5) is 10.1 Å². The normalized spacial score (nSPS) is 17.7. The number of aromatic nitrogens is 1. The van der Waals surface area contributed by atoms with Crippen molar-refractivity contribution >= 4 is 23.2 Å². The van der Waals surface area contributed by atoms with Crippen molar-refractivity contribution < 1.29 is 13.7 Å². The van der Waals surface area contributed by atoms with Gasteiger partial charge in [-0.1, -0.05) is 16.8 Å². The third-order valence-corrected chi connectivity index (χ3v) is 3.96.